The first-order valence-corrected chi connectivity index (χ1v) is 5.31. The quantitative estimate of drug-likeness (QED) is 0.847. The summed E-state index contributed by atoms with van der Waals surface area (Å²) in [6, 6.07) is 5.17. The number of carbonyl (C=O) groups is 1. The second kappa shape index (κ2) is 5.72. The van der Waals surface area contributed by atoms with E-state index in [1.54, 1.807) is 25.1 Å². The number of methoxy groups -OCH3 is 1. The van der Waals surface area contributed by atoms with Crippen LogP contribution in [0.4, 0.5) is 5.69 Å². The molecule has 1 amide bonds. The van der Waals surface area contributed by atoms with Crippen molar-refractivity contribution < 1.29 is 9.53 Å². The van der Waals surface area contributed by atoms with E-state index in [1.807, 2.05) is 0 Å². The number of amides is 1. The first kappa shape index (κ1) is 12.8. The van der Waals surface area contributed by atoms with Crippen molar-refractivity contribution in [2.75, 3.05) is 19.0 Å². The third kappa shape index (κ3) is 2.87. The van der Waals surface area contributed by atoms with Crippen LogP contribution in [0.5, 0.6) is 5.75 Å². The van der Waals surface area contributed by atoms with Crippen LogP contribution in [0.25, 0.3) is 0 Å². The molecular weight excluding hydrogens is 228 g/mol. The number of ether oxygens (including phenoxy) is 1. The van der Waals surface area contributed by atoms with Crippen molar-refractivity contribution in [3.8, 4) is 5.75 Å². The van der Waals surface area contributed by atoms with Gasteiger partial charge < -0.3 is 15.8 Å². The maximum Gasteiger partial charge on any atom is 0.228 e. The van der Waals surface area contributed by atoms with Crippen LogP contribution in [0, 0.1) is 5.92 Å². The van der Waals surface area contributed by atoms with Crippen molar-refractivity contribution in [1.29, 1.82) is 0 Å². The molecule has 0 aliphatic heterocycles. The Morgan fingerprint density at radius 3 is 2.88 bits per heavy atom. The molecule has 0 bridgehead atoms. The number of hydrogen-bond acceptors (Lipinski definition) is 3. The molecule has 0 spiro atoms. The third-order valence-corrected chi connectivity index (χ3v) is 2.53. The van der Waals surface area contributed by atoms with Crippen LogP contribution in [0.3, 0.4) is 0 Å². The highest BCUT2D eigenvalue weighted by atomic mass is 35.5. The highest BCUT2D eigenvalue weighted by molar-refractivity contribution is 6.32. The zero-order chi connectivity index (χ0) is 12.1. The van der Waals surface area contributed by atoms with E-state index >= 15 is 0 Å². The van der Waals surface area contributed by atoms with Gasteiger partial charge in [-0.3, -0.25) is 4.79 Å². The number of anilines is 1. The van der Waals surface area contributed by atoms with E-state index in [9.17, 15) is 4.79 Å². The number of benzene rings is 1. The van der Waals surface area contributed by atoms with Crippen LogP contribution in [-0.4, -0.2) is 19.6 Å². The highest BCUT2D eigenvalue weighted by Gasteiger charge is 2.14. The molecule has 0 aliphatic carbocycles. The largest absolute Gasteiger partial charge is 0.493 e. The van der Waals surface area contributed by atoms with Gasteiger partial charge in [0.05, 0.1) is 17.8 Å². The number of nitrogens with one attached hydrogen (secondary N) is 1. The van der Waals surface area contributed by atoms with Gasteiger partial charge in [0.2, 0.25) is 5.91 Å². The summed E-state index contributed by atoms with van der Waals surface area (Å²) in [6.07, 6.45) is 0. The molecule has 0 fully saturated rings. The van der Waals surface area contributed by atoms with Gasteiger partial charge in [-0.05, 0) is 12.1 Å². The predicted molar refractivity (Wildman–Crippen MR) is 64.9 cm³/mol. The fourth-order valence-corrected chi connectivity index (χ4v) is 1.43. The number of hydrogen-bond donors (Lipinski definition) is 2. The van der Waals surface area contributed by atoms with E-state index in [4.69, 9.17) is 22.1 Å². The SMILES string of the molecule is COc1c(Cl)cccc1NC(=O)C(C)CN. The molecule has 1 unspecified atom stereocenters. The molecule has 0 heterocycles. The Morgan fingerprint density at radius 1 is 1.62 bits per heavy atom. The van der Waals surface area contributed by atoms with Gasteiger partial charge in [-0.1, -0.05) is 24.6 Å². The summed E-state index contributed by atoms with van der Waals surface area (Å²) >= 11 is 5.93. The Hall–Kier alpha value is -1.26. The van der Waals surface area contributed by atoms with Crippen LogP contribution in [-0.2, 0) is 4.79 Å². The molecule has 0 aromatic heterocycles. The summed E-state index contributed by atoms with van der Waals surface area (Å²) in [5.41, 5.74) is 5.96. The Morgan fingerprint density at radius 2 is 2.31 bits per heavy atom. The number of nitrogens with two attached hydrogens (primary N) is 1. The first-order chi connectivity index (χ1) is 7.60. The van der Waals surface area contributed by atoms with Gasteiger partial charge in [0.1, 0.15) is 0 Å². The third-order valence-electron chi connectivity index (χ3n) is 2.23. The molecule has 88 valence electrons. The van der Waals surface area contributed by atoms with Gasteiger partial charge in [0.15, 0.2) is 5.75 Å². The van der Waals surface area contributed by atoms with Crippen molar-refractivity contribution in [2.24, 2.45) is 11.7 Å². The van der Waals surface area contributed by atoms with Crippen molar-refractivity contribution in [3.63, 3.8) is 0 Å². The lowest BCUT2D eigenvalue weighted by molar-refractivity contribution is -0.119. The van der Waals surface area contributed by atoms with Crippen LogP contribution < -0.4 is 15.8 Å². The molecule has 16 heavy (non-hydrogen) atoms. The molecule has 1 rings (SSSR count). The Balaban J connectivity index is 2.89. The van der Waals surface area contributed by atoms with E-state index in [-0.39, 0.29) is 11.8 Å². The lowest BCUT2D eigenvalue weighted by Crippen LogP contribution is -2.26. The van der Waals surface area contributed by atoms with E-state index in [1.165, 1.54) is 7.11 Å². The van der Waals surface area contributed by atoms with E-state index in [2.05, 4.69) is 5.32 Å². The van der Waals surface area contributed by atoms with Crippen LogP contribution >= 0.6 is 11.6 Å². The zero-order valence-electron chi connectivity index (χ0n) is 9.29. The second-order valence-electron chi connectivity index (χ2n) is 3.45. The molecule has 3 N–H and O–H groups in total. The average molecular weight is 243 g/mol. The molecule has 5 heteroatoms. The van der Waals surface area contributed by atoms with Crippen LogP contribution in [0.2, 0.25) is 5.02 Å². The molecule has 1 atom stereocenters. The number of rotatable bonds is 4. The minimum Gasteiger partial charge on any atom is -0.493 e. The van der Waals surface area contributed by atoms with Crippen molar-refractivity contribution in [3.05, 3.63) is 23.2 Å². The van der Waals surface area contributed by atoms with Gasteiger partial charge in [-0.25, -0.2) is 0 Å². The van der Waals surface area contributed by atoms with E-state index < -0.39 is 0 Å². The summed E-state index contributed by atoms with van der Waals surface area (Å²) in [5, 5.41) is 3.18. The minimum atomic E-state index is -0.247. The monoisotopic (exact) mass is 242 g/mol. The number of carbonyl (C=O) groups excluding carboxylic acids is 1. The van der Waals surface area contributed by atoms with Gasteiger partial charge >= 0.3 is 0 Å². The predicted octanol–water partition coefficient (Wildman–Crippen LogP) is 1.88. The molecule has 1 aromatic carbocycles. The Labute approximate surface area is 99.7 Å². The van der Waals surface area contributed by atoms with Crippen LogP contribution in [0.1, 0.15) is 6.92 Å². The molecule has 0 radical (unpaired) electrons. The summed E-state index contributed by atoms with van der Waals surface area (Å²) in [4.78, 5) is 11.6. The molecular formula is C11H15ClN2O2. The average Bonchev–Trinajstić information content (AvgIpc) is 2.28. The number of halogens is 1. The maximum absolute atomic E-state index is 11.6. The van der Waals surface area contributed by atoms with Gasteiger partial charge in [0.25, 0.3) is 0 Å². The van der Waals surface area contributed by atoms with Crippen molar-refractivity contribution in [1.82, 2.24) is 0 Å². The minimum absolute atomic E-state index is 0.150. The summed E-state index contributed by atoms with van der Waals surface area (Å²) in [6.45, 7) is 2.06. The summed E-state index contributed by atoms with van der Waals surface area (Å²) < 4.78 is 5.11. The molecule has 1 aromatic rings. The molecule has 4 nitrogen and oxygen atoms in total. The smallest absolute Gasteiger partial charge is 0.228 e. The van der Waals surface area contributed by atoms with Gasteiger partial charge in [-0.15, -0.1) is 0 Å². The Bertz CT molecular complexity index is 382. The fraction of sp³-hybridized carbons (Fsp3) is 0.364. The molecule has 0 saturated heterocycles. The summed E-state index contributed by atoms with van der Waals surface area (Å²) in [5.74, 6) is 0.0634. The van der Waals surface area contributed by atoms with Crippen LogP contribution in [0.15, 0.2) is 18.2 Å². The maximum atomic E-state index is 11.6. The lowest BCUT2D eigenvalue weighted by Gasteiger charge is -2.13. The topological polar surface area (TPSA) is 64.3 Å². The lowest BCUT2D eigenvalue weighted by atomic mass is 10.1. The van der Waals surface area contributed by atoms with Gasteiger partial charge in [-0.2, -0.15) is 0 Å². The standard InChI is InChI=1S/C11H15ClN2O2/c1-7(6-13)11(15)14-9-5-3-4-8(12)10(9)16-2/h3-5,7H,6,13H2,1-2H3,(H,14,15). The highest BCUT2D eigenvalue weighted by Crippen LogP contribution is 2.32. The van der Waals surface area contributed by atoms with E-state index in [0.717, 1.165) is 0 Å². The van der Waals surface area contributed by atoms with Gasteiger partial charge in [0, 0.05) is 12.5 Å². The van der Waals surface area contributed by atoms with Crippen molar-refractivity contribution in [2.45, 2.75) is 6.92 Å². The number of para-hydroxylation sites is 1. The van der Waals surface area contributed by atoms with E-state index in [0.29, 0.717) is 23.0 Å². The summed E-state index contributed by atoms with van der Waals surface area (Å²) in [7, 11) is 1.50. The Kier molecular flexibility index (Phi) is 4.58. The second-order valence-corrected chi connectivity index (χ2v) is 3.85. The normalized spacial score (nSPS) is 12.0. The fourth-order valence-electron chi connectivity index (χ4n) is 1.18. The first-order valence-electron chi connectivity index (χ1n) is 4.93. The van der Waals surface area contributed by atoms with Crippen molar-refractivity contribution >= 4 is 23.2 Å². The molecule has 0 saturated carbocycles. The zero-order valence-corrected chi connectivity index (χ0v) is 10.0. The molecule has 0 aliphatic rings.